The highest BCUT2D eigenvalue weighted by Gasteiger charge is 2.61. The molecule has 4 aromatic rings. The number of nitrogens with two attached hydrogens (primary N) is 1. The van der Waals surface area contributed by atoms with E-state index < -0.39 is 11.7 Å². The molecule has 1 saturated heterocycles. The standard InChI is InChI=1S/C25H24F3N9O/c1-36-23(32-14-3-4-15(17(26)7-14)18-5-6-30-22(29)33-18)34-21(35-36)16-9-31-20(8-19(16)38-2)37-12-24(13-37)10-25(27,28)11-24/h3-9H,10-13H2,1-2H3,(H2,29,30,33)(H,32,34,35). The zero-order chi connectivity index (χ0) is 26.7. The Labute approximate surface area is 215 Å². The molecule has 13 heteroatoms. The Morgan fingerprint density at radius 1 is 1.05 bits per heavy atom. The minimum atomic E-state index is -2.55. The molecule has 0 unspecified atom stereocenters. The molecule has 1 aliphatic heterocycles. The average molecular weight is 524 g/mol. The lowest BCUT2D eigenvalue weighted by molar-refractivity contribution is -0.170. The van der Waals surface area contributed by atoms with Gasteiger partial charge < -0.3 is 20.7 Å². The number of aromatic nitrogens is 6. The summed E-state index contributed by atoms with van der Waals surface area (Å²) in [7, 11) is 3.24. The van der Waals surface area contributed by atoms with Crippen LogP contribution in [0.3, 0.4) is 0 Å². The van der Waals surface area contributed by atoms with Gasteiger partial charge in [-0.2, -0.15) is 4.98 Å². The number of pyridine rings is 1. The van der Waals surface area contributed by atoms with Crippen molar-refractivity contribution in [3.05, 3.63) is 48.5 Å². The number of nitrogens with one attached hydrogen (secondary N) is 1. The van der Waals surface area contributed by atoms with E-state index in [0.29, 0.717) is 58.9 Å². The van der Waals surface area contributed by atoms with Crippen molar-refractivity contribution in [2.75, 3.05) is 36.1 Å². The molecule has 2 aliphatic rings. The highest BCUT2D eigenvalue weighted by Crippen LogP contribution is 2.57. The lowest BCUT2D eigenvalue weighted by Crippen LogP contribution is -2.66. The predicted octanol–water partition coefficient (Wildman–Crippen LogP) is 4.04. The number of rotatable bonds is 6. The summed E-state index contributed by atoms with van der Waals surface area (Å²) in [6.07, 6.45) is 2.94. The van der Waals surface area contributed by atoms with Crippen LogP contribution in [-0.4, -0.2) is 55.8 Å². The lowest BCUT2D eigenvalue weighted by Gasteiger charge is -2.59. The zero-order valence-corrected chi connectivity index (χ0v) is 20.6. The molecule has 4 heterocycles. The highest BCUT2D eigenvalue weighted by atomic mass is 19.3. The topological polar surface area (TPSA) is 120 Å². The molecule has 2 fully saturated rings. The Hall–Kier alpha value is -4.42. The van der Waals surface area contributed by atoms with E-state index in [1.807, 2.05) is 4.90 Å². The summed E-state index contributed by atoms with van der Waals surface area (Å²) < 4.78 is 48.6. The van der Waals surface area contributed by atoms with E-state index in [9.17, 15) is 13.2 Å². The number of halogens is 3. The van der Waals surface area contributed by atoms with E-state index in [4.69, 9.17) is 10.5 Å². The van der Waals surface area contributed by atoms with Crippen molar-refractivity contribution in [1.82, 2.24) is 29.7 Å². The number of aryl methyl sites for hydroxylation is 1. The Morgan fingerprint density at radius 2 is 1.84 bits per heavy atom. The first kappa shape index (κ1) is 23.9. The quantitative estimate of drug-likeness (QED) is 0.386. The highest BCUT2D eigenvalue weighted by molar-refractivity contribution is 5.69. The largest absolute Gasteiger partial charge is 0.496 e. The normalized spacial score (nSPS) is 17.1. The molecule has 3 aromatic heterocycles. The Kier molecular flexibility index (Phi) is 5.40. The van der Waals surface area contributed by atoms with Crippen LogP contribution in [0, 0.1) is 11.2 Å². The average Bonchev–Trinajstić information content (AvgIpc) is 3.20. The first-order chi connectivity index (χ1) is 18.1. The molecule has 1 saturated carbocycles. The van der Waals surface area contributed by atoms with Gasteiger partial charge in [0.1, 0.15) is 17.4 Å². The van der Waals surface area contributed by atoms with Crippen LogP contribution in [0.5, 0.6) is 5.75 Å². The van der Waals surface area contributed by atoms with E-state index in [2.05, 4.69) is 30.4 Å². The molecule has 6 rings (SSSR count). The molecule has 0 radical (unpaired) electrons. The first-order valence-corrected chi connectivity index (χ1v) is 11.9. The smallest absolute Gasteiger partial charge is 0.249 e. The monoisotopic (exact) mass is 523 g/mol. The van der Waals surface area contributed by atoms with Crippen molar-refractivity contribution in [1.29, 1.82) is 0 Å². The van der Waals surface area contributed by atoms with Crippen LogP contribution < -0.4 is 20.7 Å². The van der Waals surface area contributed by atoms with E-state index in [0.717, 1.165) is 0 Å². The first-order valence-electron chi connectivity index (χ1n) is 11.9. The van der Waals surface area contributed by atoms with Gasteiger partial charge in [0.05, 0.1) is 18.4 Å². The number of ether oxygens (including phenoxy) is 1. The molecular weight excluding hydrogens is 499 g/mol. The third kappa shape index (κ3) is 4.23. The molecule has 1 aromatic carbocycles. The van der Waals surface area contributed by atoms with Gasteiger partial charge in [0.2, 0.25) is 17.8 Å². The number of anilines is 4. The number of nitrogens with zero attached hydrogens (tertiary/aromatic N) is 7. The van der Waals surface area contributed by atoms with Gasteiger partial charge in [0.15, 0.2) is 5.82 Å². The number of hydrogen-bond donors (Lipinski definition) is 2. The molecule has 10 nitrogen and oxygen atoms in total. The Bertz CT molecular complexity index is 1520. The van der Waals surface area contributed by atoms with Crippen LogP contribution in [0.1, 0.15) is 12.8 Å². The van der Waals surface area contributed by atoms with Crippen molar-refractivity contribution < 1.29 is 17.9 Å². The van der Waals surface area contributed by atoms with Gasteiger partial charge in [-0.05, 0) is 24.3 Å². The number of methoxy groups -OCH3 is 1. The van der Waals surface area contributed by atoms with E-state index in [-0.39, 0.29) is 24.2 Å². The fraction of sp³-hybridized carbons (Fsp3) is 0.320. The van der Waals surface area contributed by atoms with Crippen LogP contribution in [0.4, 0.5) is 36.6 Å². The summed E-state index contributed by atoms with van der Waals surface area (Å²) in [5, 5.41) is 7.52. The molecule has 0 amide bonds. The molecule has 3 N–H and O–H groups in total. The van der Waals surface area contributed by atoms with Crippen molar-refractivity contribution >= 4 is 23.4 Å². The van der Waals surface area contributed by atoms with Crippen LogP contribution in [0.2, 0.25) is 0 Å². The molecule has 0 bridgehead atoms. The SMILES string of the molecule is COc1cc(N2CC3(C2)CC(F)(F)C3)ncc1-c1nc(Nc2ccc(-c3ccnc(N)n3)c(F)c2)n(C)n1. The number of benzene rings is 1. The maximum atomic E-state index is 14.8. The van der Waals surface area contributed by atoms with Crippen LogP contribution in [0.25, 0.3) is 22.6 Å². The molecule has 1 spiro atoms. The summed E-state index contributed by atoms with van der Waals surface area (Å²) in [4.78, 5) is 18.9. The van der Waals surface area contributed by atoms with Gasteiger partial charge in [-0.25, -0.2) is 32.8 Å². The number of alkyl halides is 2. The van der Waals surface area contributed by atoms with Gasteiger partial charge in [-0.1, -0.05) is 0 Å². The summed E-state index contributed by atoms with van der Waals surface area (Å²) in [5.74, 6) is -1.08. The van der Waals surface area contributed by atoms with Crippen LogP contribution >= 0.6 is 0 Å². The second-order valence-electron chi connectivity index (χ2n) is 9.81. The van der Waals surface area contributed by atoms with Crippen molar-refractivity contribution in [3.63, 3.8) is 0 Å². The minimum absolute atomic E-state index is 0.0606. The van der Waals surface area contributed by atoms with Gasteiger partial charge in [0.25, 0.3) is 0 Å². The number of hydrogen-bond acceptors (Lipinski definition) is 9. The van der Waals surface area contributed by atoms with Crippen molar-refractivity contribution in [2.45, 2.75) is 18.8 Å². The molecule has 1 aliphatic carbocycles. The fourth-order valence-electron chi connectivity index (χ4n) is 5.19. The predicted molar refractivity (Wildman–Crippen MR) is 135 cm³/mol. The number of nitrogen functional groups attached to an aromatic ring is 1. The maximum absolute atomic E-state index is 14.8. The molecule has 196 valence electrons. The minimum Gasteiger partial charge on any atom is -0.496 e. The maximum Gasteiger partial charge on any atom is 0.249 e. The molecule has 38 heavy (non-hydrogen) atoms. The Balaban J connectivity index is 1.19. The Morgan fingerprint density at radius 3 is 2.53 bits per heavy atom. The van der Waals surface area contributed by atoms with E-state index in [1.165, 1.54) is 24.1 Å². The van der Waals surface area contributed by atoms with E-state index in [1.54, 1.807) is 37.5 Å². The van der Waals surface area contributed by atoms with Gasteiger partial charge in [-0.3, -0.25) is 0 Å². The van der Waals surface area contributed by atoms with Gasteiger partial charge >= 0.3 is 0 Å². The third-order valence-electron chi connectivity index (χ3n) is 6.89. The van der Waals surface area contributed by atoms with Gasteiger partial charge in [0, 0.05) is 68.1 Å². The summed E-state index contributed by atoms with van der Waals surface area (Å²) in [5.41, 5.74) is 7.00. The van der Waals surface area contributed by atoms with Gasteiger partial charge in [-0.15, -0.1) is 5.10 Å². The second kappa shape index (κ2) is 8.57. The second-order valence-corrected chi connectivity index (χ2v) is 9.81. The fourth-order valence-corrected chi connectivity index (χ4v) is 5.19. The van der Waals surface area contributed by atoms with Crippen LogP contribution in [-0.2, 0) is 7.05 Å². The molecular formula is C25H24F3N9O. The van der Waals surface area contributed by atoms with Crippen molar-refractivity contribution in [3.8, 4) is 28.4 Å². The lowest BCUT2D eigenvalue weighted by atomic mass is 9.61. The van der Waals surface area contributed by atoms with E-state index >= 15 is 0 Å². The third-order valence-corrected chi connectivity index (χ3v) is 6.89. The molecule has 0 atom stereocenters. The zero-order valence-electron chi connectivity index (χ0n) is 20.6. The van der Waals surface area contributed by atoms with Crippen molar-refractivity contribution in [2.24, 2.45) is 12.5 Å². The summed E-state index contributed by atoms with van der Waals surface area (Å²) in [6, 6.07) is 7.95. The van der Waals surface area contributed by atoms with Crippen LogP contribution in [0.15, 0.2) is 42.7 Å². The summed E-state index contributed by atoms with van der Waals surface area (Å²) in [6.45, 7) is 1.10. The summed E-state index contributed by atoms with van der Waals surface area (Å²) >= 11 is 0.